The highest BCUT2D eigenvalue weighted by Crippen LogP contribution is 2.17. The molecule has 1 aromatic carbocycles. The normalized spacial score (nSPS) is 15.0. The van der Waals surface area contributed by atoms with Gasteiger partial charge < -0.3 is 11.5 Å². The van der Waals surface area contributed by atoms with Crippen LogP contribution in [-0.2, 0) is 10.3 Å². The van der Waals surface area contributed by atoms with Crippen LogP contribution in [0.1, 0.15) is 18.1 Å². The molecule has 0 saturated heterocycles. The van der Waals surface area contributed by atoms with Gasteiger partial charge >= 0.3 is 0 Å². The van der Waals surface area contributed by atoms with Crippen LogP contribution in [0.4, 0.5) is 0 Å². The minimum absolute atomic E-state index is 0.517. The van der Waals surface area contributed by atoms with Gasteiger partial charge in [0.1, 0.15) is 5.54 Å². The molecular formula is C10H14N2O. The number of primary amides is 1. The zero-order chi connectivity index (χ0) is 10.1. The summed E-state index contributed by atoms with van der Waals surface area (Å²) in [5, 5.41) is 0. The summed E-state index contributed by atoms with van der Waals surface area (Å²) in [6.07, 6.45) is 0. The number of hydrogen-bond donors (Lipinski definition) is 2. The number of hydrogen-bond acceptors (Lipinski definition) is 2. The number of carbonyl (C=O) groups excluding carboxylic acids is 1. The van der Waals surface area contributed by atoms with Gasteiger partial charge in [-0.15, -0.1) is 0 Å². The first-order valence-corrected chi connectivity index (χ1v) is 4.10. The fourth-order valence-corrected chi connectivity index (χ4v) is 1.04. The van der Waals surface area contributed by atoms with Crippen LogP contribution in [-0.4, -0.2) is 5.91 Å². The summed E-state index contributed by atoms with van der Waals surface area (Å²) in [6.45, 7) is 3.59. The Bertz CT molecular complexity index is 314. The van der Waals surface area contributed by atoms with Gasteiger partial charge in [0.25, 0.3) is 0 Å². The van der Waals surface area contributed by atoms with Gasteiger partial charge in [-0.05, 0) is 19.4 Å². The maximum atomic E-state index is 11.0. The highest BCUT2D eigenvalue weighted by molar-refractivity contribution is 5.85. The number of aryl methyl sites for hydroxylation is 1. The Morgan fingerprint density at radius 2 is 1.77 bits per heavy atom. The summed E-state index contributed by atoms with van der Waals surface area (Å²) in [7, 11) is 0. The predicted octanol–water partition coefficient (Wildman–Crippen LogP) is 0.654. The predicted molar refractivity (Wildman–Crippen MR) is 51.9 cm³/mol. The molecule has 0 heterocycles. The molecule has 1 atom stereocenters. The van der Waals surface area contributed by atoms with Gasteiger partial charge in [-0.1, -0.05) is 29.8 Å². The molecule has 1 unspecified atom stereocenters. The summed E-state index contributed by atoms with van der Waals surface area (Å²) in [5.41, 5.74) is 11.7. The molecule has 0 radical (unpaired) electrons. The largest absolute Gasteiger partial charge is 0.368 e. The molecule has 3 nitrogen and oxygen atoms in total. The molecule has 13 heavy (non-hydrogen) atoms. The van der Waals surface area contributed by atoms with Gasteiger partial charge in [0.05, 0.1) is 0 Å². The molecule has 0 aromatic heterocycles. The van der Waals surface area contributed by atoms with E-state index in [1.807, 2.05) is 31.2 Å². The van der Waals surface area contributed by atoms with Gasteiger partial charge in [-0.25, -0.2) is 0 Å². The maximum Gasteiger partial charge on any atom is 0.241 e. The van der Waals surface area contributed by atoms with Crippen LogP contribution in [0, 0.1) is 6.92 Å². The summed E-state index contributed by atoms with van der Waals surface area (Å²) >= 11 is 0. The Labute approximate surface area is 77.7 Å². The van der Waals surface area contributed by atoms with Gasteiger partial charge in [0, 0.05) is 0 Å². The zero-order valence-corrected chi connectivity index (χ0v) is 7.87. The van der Waals surface area contributed by atoms with Crippen LogP contribution >= 0.6 is 0 Å². The molecular weight excluding hydrogens is 164 g/mol. The van der Waals surface area contributed by atoms with Gasteiger partial charge in [-0.3, -0.25) is 4.79 Å². The highest BCUT2D eigenvalue weighted by Gasteiger charge is 2.27. The van der Waals surface area contributed by atoms with Crippen LogP contribution in [0.3, 0.4) is 0 Å². The van der Waals surface area contributed by atoms with E-state index < -0.39 is 11.4 Å². The fraction of sp³-hybridized carbons (Fsp3) is 0.300. The Hall–Kier alpha value is -1.35. The van der Waals surface area contributed by atoms with Crippen molar-refractivity contribution in [3.05, 3.63) is 35.4 Å². The lowest BCUT2D eigenvalue weighted by Gasteiger charge is -2.20. The van der Waals surface area contributed by atoms with Crippen molar-refractivity contribution in [1.29, 1.82) is 0 Å². The SMILES string of the molecule is Cc1ccc(C(C)(N)C(N)=O)cc1. The average Bonchev–Trinajstić information content (AvgIpc) is 2.04. The number of amides is 1. The topological polar surface area (TPSA) is 69.1 Å². The van der Waals surface area contributed by atoms with E-state index in [0.29, 0.717) is 0 Å². The third-order valence-corrected chi connectivity index (χ3v) is 2.16. The third kappa shape index (κ3) is 1.87. The van der Waals surface area contributed by atoms with E-state index in [1.54, 1.807) is 6.92 Å². The minimum atomic E-state index is -1.08. The van der Waals surface area contributed by atoms with Crippen molar-refractivity contribution in [2.45, 2.75) is 19.4 Å². The second kappa shape index (κ2) is 3.18. The number of carbonyl (C=O) groups is 1. The first-order valence-electron chi connectivity index (χ1n) is 4.10. The fourth-order valence-electron chi connectivity index (χ4n) is 1.04. The van der Waals surface area contributed by atoms with Crippen LogP contribution in [0.5, 0.6) is 0 Å². The summed E-state index contributed by atoms with van der Waals surface area (Å²) < 4.78 is 0. The number of benzene rings is 1. The van der Waals surface area contributed by atoms with Crippen LogP contribution in [0.2, 0.25) is 0 Å². The molecule has 0 saturated carbocycles. The second-order valence-electron chi connectivity index (χ2n) is 3.43. The van der Waals surface area contributed by atoms with Crippen LogP contribution in [0.15, 0.2) is 24.3 Å². The Morgan fingerprint density at radius 1 is 1.31 bits per heavy atom. The van der Waals surface area contributed by atoms with Crippen molar-refractivity contribution in [2.75, 3.05) is 0 Å². The van der Waals surface area contributed by atoms with Crippen LogP contribution in [0.25, 0.3) is 0 Å². The smallest absolute Gasteiger partial charge is 0.241 e. The van der Waals surface area contributed by atoms with Crippen molar-refractivity contribution in [2.24, 2.45) is 11.5 Å². The maximum absolute atomic E-state index is 11.0. The molecule has 3 heteroatoms. The van der Waals surface area contributed by atoms with Crippen molar-refractivity contribution < 1.29 is 4.79 Å². The first kappa shape index (κ1) is 9.74. The third-order valence-electron chi connectivity index (χ3n) is 2.16. The molecule has 70 valence electrons. The van der Waals surface area contributed by atoms with Crippen molar-refractivity contribution in [3.63, 3.8) is 0 Å². The lowest BCUT2D eigenvalue weighted by Crippen LogP contribution is -2.46. The van der Waals surface area contributed by atoms with E-state index in [4.69, 9.17) is 11.5 Å². The van der Waals surface area contributed by atoms with E-state index in [1.165, 1.54) is 0 Å². The molecule has 1 aromatic rings. The summed E-state index contributed by atoms with van der Waals surface area (Å²) in [4.78, 5) is 11.0. The Morgan fingerprint density at radius 3 is 2.15 bits per heavy atom. The minimum Gasteiger partial charge on any atom is -0.368 e. The average molecular weight is 178 g/mol. The van der Waals surface area contributed by atoms with Gasteiger partial charge in [0.15, 0.2) is 0 Å². The van der Waals surface area contributed by atoms with E-state index in [9.17, 15) is 4.79 Å². The summed E-state index contributed by atoms with van der Waals surface area (Å²) in [6, 6.07) is 7.45. The lowest BCUT2D eigenvalue weighted by molar-refractivity contribution is -0.122. The first-order chi connectivity index (χ1) is 5.94. The van der Waals surface area contributed by atoms with Crippen molar-refractivity contribution in [3.8, 4) is 0 Å². The molecule has 1 amide bonds. The highest BCUT2D eigenvalue weighted by atomic mass is 16.1. The monoisotopic (exact) mass is 178 g/mol. The second-order valence-corrected chi connectivity index (χ2v) is 3.43. The molecule has 0 aliphatic rings. The van der Waals surface area contributed by atoms with Gasteiger partial charge in [-0.2, -0.15) is 0 Å². The molecule has 0 aliphatic heterocycles. The Balaban J connectivity index is 3.08. The van der Waals surface area contributed by atoms with Gasteiger partial charge in [0.2, 0.25) is 5.91 Å². The molecule has 0 spiro atoms. The molecule has 0 bridgehead atoms. The number of rotatable bonds is 2. The quantitative estimate of drug-likeness (QED) is 0.698. The molecule has 4 N–H and O–H groups in total. The summed E-state index contributed by atoms with van der Waals surface area (Å²) in [5.74, 6) is -0.517. The molecule has 0 aliphatic carbocycles. The van der Waals surface area contributed by atoms with Crippen LogP contribution < -0.4 is 11.5 Å². The standard InChI is InChI=1S/C10H14N2O/c1-7-3-5-8(6-4-7)10(2,12)9(11)13/h3-6H,12H2,1-2H3,(H2,11,13). The zero-order valence-electron chi connectivity index (χ0n) is 7.87. The lowest BCUT2D eigenvalue weighted by atomic mass is 9.92. The van der Waals surface area contributed by atoms with E-state index in [0.717, 1.165) is 11.1 Å². The van der Waals surface area contributed by atoms with Crippen molar-refractivity contribution in [1.82, 2.24) is 0 Å². The molecule has 0 fully saturated rings. The van der Waals surface area contributed by atoms with E-state index in [-0.39, 0.29) is 0 Å². The van der Waals surface area contributed by atoms with E-state index >= 15 is 0 Å². The number of nitrogens with two attached hydrogens (primary N) is 2. The Kier molecular flexibility index (Phi) is 2.38. The van der Waals surface area contributed by atoms with Crippen molar-refractivity contribution >= 4 is 5.91 Å². The van der Waals surface area contributed by atoms with E-state index in [2.05, 4.69) is 0 Å². The molecule has 1 rings (SSSR count).